The largest absolute Gasteiger partial charge is 0.381 e. The summed E-state index contributed by atoms with van der Waals surface area (Å²) < 4.78 is 5.22. The van der Waals surface area contributed by atoms with E-state index in [0.717, 1.165) is 5.33 Å². The van der Waals surface area contributed by atoms with Gasteiger partial charge in [0.05, 0.1) is 11.5 Å². The molecule has 20 heavy (non-hydrogen) atoms. The lowest BCUT2D eigenvalue weighted by Crippen LogP contribution is -2.26. The maximum Gasteiger partial charge on any atom is 0.282 e. The van der Waals surface area contributed by atoms with Crippen LogP contribution in [0.4, 0.5) is 5.69 Å². The Morgan fingerprint density at radius 2 is 2.20 bits per heavy atom. The number of nitrogens with one attached hydrogen (secondary N) is 1. The highest BCUT2D eigenvalue weighted by molar-refractivity contribution is 9.09. The molecule has 0 aliphatic heterocycles. The molecule has 8 heteroatoms. The number of benzene rings is 1. The smallest absolute Gasteiger partial charge is 0.282 e. The number of halogens is 2. The second-order valence-corrected chi connectivity index (χ2v) is 5.06. The molecule has 0 unspecified atom stereocenters. The van der Waals surface area contributed by atoms with E-state index < -0.39 is 10.8 Å². The first-order chi connectivity index (χ1) is 9.56. The van der Waals surface area contributed by atoms with Gasteiger partial charge in [0, 0.05) is 29.6 Å². The van der Waals surface area contributed by atoms with Gasteiger partial charge >= 0.3 is 0 Å². The summed E-state index contributed by atoms with van der Waals surface area (Å²) in [5.41, 5.74) is -0.300. The number of carbonyl (C=O) groups excluding carboxylic acids is 1. The third-order valence-corrected chi connectivity index (χ3v) is 2.93. The van der Waals surface area contributed by atoms with Gasteiger partial charge in [0.1, 0.15) is 5.56 Å². The van der Waals surface area contributed by atoms with Crippen molar-refractivity contribution in [2.75, 3.05) is 25.1 Å². The van der Waals surface area contributed by atoms with E-state index in [9.17, 15) is 14.9 Å². The average molecular weight is 366 g/mol. The highest BCUT2D eigenvalue weighted by Crippen LogP contribution is 2.22. The summed E-state index contributed by atoms with van der Waals surface area (Å²) in [6, 6.07) is 3.89. The van der Waals surface area contributed by atoms with Crippen molar-refractivity contribution >= 4 is 39.1 Å². The van der Waals surface area contributed by atoms with Crippen LogP contribution in [0, 0.1) is 10.1 Å². The molecular formula is C12H14BrClN2O4. The molecule has 1 aromatic rings. The second kappa shape index (κ2) is 8.89. The normalized spacial score (nSPS) is 10.3. The Labute approximate surface area is 129 Å². The molecule has 0 fully saturated rings. The lowest BCUT2D eigenvalue weighted by molar-refractivity contribution is -0.385. The lowest BCUT2D eigenvalue weighted by Gasteiger charge is -2.06. The topological polar surface area (TPSA) is 81.5 Å². The number of hydrogen-bond acceptors (Lipinski definition) is 4. The van der Waals surface area contributed by atoms with Crippen LogP contribution in [0.3, 0.4) is 0 Å². The fourth-order valence-corrected chi connectivity index (χ4v) is 1.88. The molecule has 0 spiro atoms. The monoisotopic (exact) mass is 364 g/mol. The zero-order valence-electron chi connectivity index (χ0n) is 10.6. The number of nitro groups is 1. The van der Waals surface area contributed by atoms with Crippen LogP contribution in [0.2, 0.25) is 5.02 Å². The molecule has 0 atom stereocenters. The fraction of sp³-hybridized carbons (Fsp3) is 0.417. The molecule has 0 bridgehead atoms. The summed E-state index contributed by atoms with van der Waals surface area (Å²) in [5, 5.41) is 14.5. The van der Waals surface area contributed by atoms with Crippen LogP contribution in [0.25, 0.3) is 0 Å². The first-order valence-electron chi connectivity index (χ1n) is 5.92. The standard InChI is InChI=1S/C12H14BrClN2O4/c13-4-7-20-6-1-5-15-12(17)10-8-9(14)2-3-11(10)16(18)19/h2-3,8H,1,4-7H2,(H,15,17). The minimum Gasteiger partial charge on any atom is -0.381 e. The van der Waals surface area contributed by atoms with E-state index in [1.54, 1.807) is 0 Å². The van der Waals surface area contributed by atoms with Crippen LogP contribution in [0.15, 0.2) is 18.2 Å². The van der Waals surface area contributed by atoms with E-state index in [0.29, 0.717) is 26.2 Å². The highest BCUT2D eigenvalue weighted by Gasteiger charge is 2.19. The van der Waals surface area contributed by atoms with Crippen molar-refractivity contribution < 1.29 is 14.5 Å². The number of nitro benzene ring substituents is 1. The van der Waals surface area contributed by atoms with Gasteiger partial charge in [-0.15, -0.1) is 0 Å². The third kappa shape index (κ3) is 5.44. The second-order valence-electron chi connectivity index (χ2n) is 3.83. The van der Waals surface area contributed by atoms with Crippen LogP contribution in [0.1, 0.15) is 16.8 Å². The van der Waals surface area contributed by atoms with Crippen molar-refractivity contribution in [2.45, 2.75) is 6.42 Å². The summed E-state index contributed by atoms with van der Waals surface area (Å²) in [4.78, 5) is 22.1. The molecule has 0 aliphatic rings. The van der Waals surface area contributed by atoms with E-state index in [-0.39, 0.29) is 16.3 Å². The van der Waals surface area contributed by atoms with Crippen LogP contribution >= 0.6 is 27.5 Å². The Hall–Kier alpha value is -1.18. The Bertz CT molecular complexity index is 485. The first-order valence-corrected chi connectivity index (χ1v) is 7.42. The predicted molar refractivity (Wildman–Crippen MR) is 79.7 cm³/mol. The quantitative estimate of drug-likeness (QED) is 0.332. The van der Waals surface area contributed by atoms with Gasteiger partial charge in [-0.3, -0.25) is 14.9 Å². The summed E-state index contributed by atoms with van der Waals surface area (Å²) in [6.07, 6.45) is 0.632. The zero-order chi connectivity index (χ0) is 15.0. The van der Waals surface area contributed by atoms with Crippen molar-refractivity contribution in [1.82, 2.24) is 5.32 Å². The molecule has 110 valence electrons. The Morgan fingerprint density at radius 1 is 1.45 bits per heavy atom. The maximum atomic E-state index is 11.9. The Morgan fingerprint density at radius 3 is 2.85 bits per heavy atom. The van der Waals surface area contributed by atoms with Gasteiger partial charge in [-0.1, -0.05) is 27.5 Å². The van der Waals surface area contributed by atoms with E-state index in [2.05, 4.69) is 21.2 Å². The number of ether oxygens (including phenoxy) is 1. The molecule has 0 saturated heterocycles. The molecule has 1 N–H and O–H groups in total. The Balaban J connectivity index is 2.54. The van der Waals surface area contributed by atoms with Gasteiger partial charge in [0.15, 0.2) is 0 Å². The van der Waals surface area contributed by atoms with E-state index >= 15 is 0 Å². The van der Waals surface area contributed by atoms with Gasteiger partial charge in [-0.2, -0.15) is 0 Å². The highest BCUT2D eigenvalue weighted by atomic mass is 79.9. The predicted octanol–water partition coefficient (Wildman–Crippen LogP) is 2.78. The molecule has 1 amide bonds. The molecule has 1 rings (SSSR count). The molecular weight excluding hydrogens is 351 g/mol. The van der Waals surface area contributed by atoms with Gasteiger partial charge in [-0.25, -0.2) is 0 Å². The van der Waals surface area contributed by atoms with Gasteiger partial charge in [0.25, 0.3) is 11.6 Å². The van der Waals surface area contributed by atoms with Crippen molar-refractivity contribution in [3.05, 3.63) is 38.9 Å². The van der Waals surface area contributed by atoms with Gasteiger partial charge in [-0.05, 0) is 18.6 Å². The number of alkyl halides is 1. The Kier molecular flexibility index (Phi) is 7.50. The number of rotatable bonds is 8. The number of carbonyl (C=O) groups is 1. The van der Waals surface area contributed by atoms with Gasteiger partial charge < -0.3 is 10.1 Å². The minimum absolute atomic E-state index is 0.0381. The van der Waals surface area contributed by atoms with E-state index in [4.69, 9.17) is 16.3 Å². The summed E-state index contributed by atoms with van der Waals surface area (Å²) in [6.45, 7) is 1.50. The molecule has 6 nitrogen and oxygen atoms in total. The number of amides is 1. The fourth-order valence-electron chi connectivity index (χ4n) is 1.48. The lowest BCUT2D eigenvalue weighted by atomic mass is 10.1. The summed E-state index contributed by atoms with van der Waals surface area (Å²) >= 11 is 8.99. The average Bonchev–Trinajstić information content (AvgIpc) is 2.42. The van der Waals surface area contributed by atoms with Crippen molar-refractivity contribution in [3.8, 4) is 0 Å². The number of nitrogens with zero attached hydrogens (tertiary/aromatic N) is 1. The van der Waals surface area contributed by atoms with Crippen molar-refractivity contribution in [2.24, 2.45) is 0 Å². The molecule has 0 aromatic heterocycles. The maximum absolute atomic E-state index is 11.9. The zero-order valence-corrected chi connectivity index (χ0v) is 12.9. The minimum atomic E-state index is -0.607. The SMILES string of the molecule is O=C(NCCCOCCBr)c1cc(Cl)ccc1[N+](=O)[O-]. The number of hydrogen-bond donors (Lipinski definition) is 1. The van der Waals surface area contributed by atoms with Crippen LogP contribution in [-0.2, 0) is 4.74 Å². The molecule has 0 saturated carbocycles. The first kappa shape index (κ1) is 16.9. The van der Waals surface area contributed by atoms with E-state index in [1.807, 2.05) is 0 Å². The van der Waals surface area contributed by atoms with Crippen molar-refractivity contribution in [3.63, 3.8) is 0 Å². The van der Waals surface area contributed by atoms with Crippen LogP contribution in [0.5, 0.6) is 0 Å². The molecule has 0 aliphatic carbocycles. The molecule has 0 heterocycles. The molecule has 1 aromatic carbocycles. The summed E-state index contributed by atoms with van der Waals surface area (Å²) in [5.74, 6) is -0.514. The van der Waals surface area contributed by atoms with Crippen molar-refractivity contribution in [1.29, 1.82) is 0 Å². The van der Waals surface area contributed by atoms with Crippen LogP contribution < -0.4 is 5.32 Å². The van der Waals surface area contributed by atoms with E-state index in [1.165, 1.54) is 18.2 Å². The van der Waals surface area contributed by atoms with Gasteiger partial charge in [0.2, 0.25) is 0 Å². The summed E-state index contributed by atoms with van der Waals surface area (Å²) in [7, 11) is 0. The van der Waals surface area contributed by atoms with Crippen LogP contribution in [-0.4, -0.2) is 35.9 Å². The third-order valence-electron chi connectivity index (χ3n) is 2.37. The molecule has 0 radical (unpaired) electrons.